The van der Waals surface area contributed by atoms with E-state index in [1.54, 1.807) is 0 Å². The molecule has 0 saturated carbocycles. The van der Waals surface area contributed by atoms with Gasteiger partial charge in [-0.1, -0.05) is 0 Å². The van der Waals surface area contributed by atoms with Crippen molar-refractivity contribution in [1.82, 2.24) is 14.9 Å². The molecule has 0 aliphatic carbocycles. The van der Waals surface area contributed by atoms with Gasteiger partial charge in [-0.25, -0.2) is 10.0 Å². The minimum atomic E-state index is -0.0567. The summed E-state index contributed by atoms with van der Waals surface area (Å²) in [4.78, 5) is 2.37. The Labute approximate surface area is 86.1 Å². The van der Waals surface area contributed by atoms with E-state index in [1.165, 1.54) is 13.1 Å². The van der Waals surface area contributed by atoms with Gasteiger partial charge in [-0.15, -0.1) is 0 Å². The molecule has 2 aliphatic heterocycles. The van der Waals surface area contributed by atoms with Crippen LogP contribution >= 0.6 is 0 Å². The summed E-state index contributed by atoms with van der Waals surface area (Å²) in [5, 5.41) is 14.3. The summed E-state index contributed by atoms with van der Waals surface area (Å²) < 4.78 is 0. The molecule has 0 radical (unpaired) electrons. The molecule has 4 heteroatoms. The summed E-state index contributed by atoms with van der Waals surface area (Å²) in [5.74, 6) is 0. The zero-order valence-electron chi connectivity index (χ0n) is 9.02. The minimum absolute atomic E-state index is 0.0567. The number of likely N-dealkylation sites (N-methyl/N-ethyl adjacent to an activating group) is 1. The van der Waals surface area contributed by atoms with Gasteiger partial charge in [-0.3, -0.25) is 0 Å². The summed E-state index contributed by atoms with van der Waals surface area (Å²) in [6.45, 7) is 6.69. The second-order valence-electron chi connectivity index (χ2n) is 4.44. The lowest BCUT2D eigenvalue weighted by atomic mass is 10.1. The number of rotatable bonds is 1. The van der Waals surface area contributed by atoms with Gasteiger partial charge in [-0.05, 0) is 19.9 Å². The number of nitrogens with zero attached hydrogens (tertiary/aromatic N) is 3. The summed E-state index contributed by atoms with van der Waals surface area (Å²) in [7, 11) is 2.18. The summed E-state index contributed by atoms with van der Waals surface area (Å²) >= 11 is 0. The van der Waals surface area contributed by atoms with Gasteiger partial charge in [0.15, 0.2) is 0 Å². The van der Waals surface area contributed by atoms with Crippen molar-refractivity contribution in [3.63, 3.8) is 0 Å². The third kappa shape index (κ3) is 2.45. The Hall–Kier alpha value is -0.160. The molecule has 1 N–H and O–H groups in total. The van der Waals surface area contributed by atoms with Gasteiger partial charge in [0.05, 0.1) is 6.10 Å². The SMILES string of the molecule is CN1CCN(N2CCC(O)CC2)CC1. The minimum Gasteiger partial charge on any atom is -0.393 e. The predicted octanol–water partition coefficient (Wildman–Crippen LogP) is -0.394. The first-order valence-electron chi connectivity index (χ1n) is 5.62. The molecule has 2 rings (SSSR count). The van der Waals surface area contributed by atoms with E-state index >= 15 is 0 Å². The Balaban J connectivity index is 1.78. The maximum atomic E-state index is 9.41. The van der Waals surface area contributed by atoms with Crippen LogP contribution in [0.15, 0.2) is 0 Å². The van der Waals surface area contributed by atoms with Crippen LogP contribution in [0.5, 0.6) is 0 Å². The fourth-order valence-corrected chi connectivity index (χ4v) is 2.21. The van der Waals surface area contributed by atoms with Gasteiger partial charge < -0.3 is 10.0 Å². The molecule has 0 atom stereocenters. The van der Waals surface area contributed by atoms with Crippen LogP contribution in [0, 0.1) is 0 Å². The zero-order chi connectivity index (χ0) is 9.97. The number of aliphatic hydroxyl groups is 1. The van der Waals surface area contributed by atoms with Crippen LogP contribution in [0.1, 0.15) is 12.8 Å². The van der Waals surface area contributed by atoms with E-state index in [9.17, 15) is 5.11 Å². The highest BCUT2D eigenvalue weighted by Crippen LogP contribution is 2.13. The second kappa shape index (κ2) is 4.57. The van der Waals surface area contributed by atoms with E-state index in [0.717, 1.165) is 39.0 Å². The Kier molecular flexibility index (Phi) is 3.38. The summed E-state index contributed by atoms with van der Waals surface area (Å²) in [6, 6.07) is 0. The molecule has 0 aromatic carbocycles. The smallest absolute Gasteiger partial charge is 0.0565 e. The molecular formula is C10H21N3O. The van der Waals surface area contributed by atoms with Crippen LogP contribution in [0.4, 0.5) is 0 Å². The third-order valence-electron chi connectivity index (χ3n) is 3.32. The van der Waals surface area contributed by atoms with Gasteiger partial charge in [0.2, 0.25) is 0 Å². The molecule has 2 fully saturated rings. The molecule has 0 unspecified atom stereocenters. The molecule has 0 aromatic heterocycles. The van der Waals surface area contributed by atoms with Crippen LogP contribution < -0.4 is 0 Å². The Bertz CT molecular complexity index is 152. The molecule has 2 heterocycles. The van der Waals surface area contributed by atoms with Crippen molar-refractivity contribution in [2.45, 2.75) is 18.9 Å². The predicted molar refractivity (Wildman–Crippen MR) is 55.9 cm³/mol. The van der Waals surface area contributed by atoms with Gasteiger partial charge in [0.1, 0.15) is 0 Å². The van der Waals surface area contributed by atoms with Crippen molar-refractivity contribution < 1.29 is 5.11 Å². The standard InChI is InChI=1S/C10H21N3O/c1-11-6-8-13(9-7-11)12-4-2-10(14)3-5-12/h10,14H,2-9H2,1H3. The highest BCUT2D eigenvalue weighted by atomic mass is 16.3. The van der Waals surface area contributed by atoms with E-state index in [4.69, 9.17) is 0 Å². The molecular weight excluding hydrogens is 178 g/mol. The van der Waals surface area contributed by atoms with Crippen molar-refractivity contribution in [1.29, 1.82) is 0 Å². The second-order valence-corrected chi connectivity index (χ2v) is 4.44. The normalized spacial score (nSPS) is 29.6. The van der Waals surface area contributed by atoms with E-state index in [1.807, 2.05) is 0 Å². The van der Waals surface area contributed by atoms with Crippen molar-refractivity contribution in [2.75, 3.05) is 46.3 Å². The largest absolute Gasteiger partial charge is 0.393 e. The molecule has 0 aromatic rings. The number of piperidine rings is 1. The van der Waals surface area contributed by atoms with Crippen LogP contribution in [0.25, 0.3) is 0 Å². The van der Waals surface area contributed by atoms with Crippen molar-refractivity contribution in [3.05, 3.63) is 0 Å². The van der Waals surface area contributed by atoms with E-state index in [0.29, 0.717) is 0 Å². The van der Waals surface area contributed by atoms with Crippen molar-refractivity contribution in [3.8, 4) is 0 Å². The van der Waals surface area contributed by atoms with Gasteiger partial charge >= 0.3 is 0 Å². The van der Waals surface area contributed by atoms with Gasteiger partial charge in [0, 0.05) is 39.3 Å². The first kappa shape index (κ1) is 10.4. The van der Waals surface area contributed by atoms with Crippen LogP contribution in [0.3, 0.4) is 0 Å². The van der Waals surface area contributed by atoms with Crippen molar-refractivity contribution >= 4 is 0 Å². The van der Waals surface area contributed by atoms with Gasteiger partial charge in [-0.2, -0.15) is 0 Å². The highest BCUT2D eigenvalue weighted by Gasteiger charge is 2.24. The lowest BCUT2D eigenvalue weighted by Crippen LogP contribution is -2.55. The first-order chi connectivity index (χ1) is 6.75. The number of aliphatic hydroxyl groups excluding tert-OH is 1. The van der Waals surface area contributed by atoms with Gasteiger partial charge in [0.25, 0.3) is 0 Å². The van der Waals surface area contributed by atoms with Crippen LogP contribution in [-0.4, -0.2) is 72.4 Å². The molecule has 0 spiro atoms. The number of hydrazine groups is 1. The number of hydrogen-bond acceptors (Lipinski definition) is 4. The number of hydrogen-bond donors (Lipinski definition) is 1. The van der Waals surface area contributed by atoms with Crippen molar-refractivity contribution in [2.24, 2.45) is 0 Å². The topological polar surface area (TPSA) is 30.0 Å². The fraction of sp³-hybridized carbons (Fsp3) is 1.00. The third-order valence-corrected chi connectivity index (χ3v) is 3.32. The Morgan fingerprint density at radius 2 is 1.36 bits per heavy atom. The molecule has 82 valence electrons. The molecule has 14 heavy (non-hydrogen) atoms. The maximum absolute atomic E-state index is 9.41. The number of piperazine rings is 1. The lowest BCUT2D eigenvalue weighted by Gasteiger charge is -2.42. The van der Waals surface area contributed by atoms with Crippen LogP contribution in [-0.2, 0) is 0 Å². The van der Waals surface area contributed by atoms with E-state index in [2.05, 4.69) is 22.0 Å². The quantitative estimate of drug-likeness (QED) is 0.623. The Morgan fingerprint density at radius 1 is 0.857 bits per heavy atom. The van der Waals surface area contributed by atoms with E-state index < -0.39 is 0 Å². The molecule has 0 bridgehead atoms. The molecule has 4 nitrogen and oxygen atoms in total. The maximum Gasteiger partial charge on any atom is 0.0565 e. The van der Waals surface area contributed by atoms with Crippen LogP contribution in [0.2, 0.25) is 0 Å². The zero-order valence-corrected chi connectivity index (χ0v) is 9.02. The Morgan fingerprint density at radius 3 is 1.93 bits per heavy atom. The monoisotopic (exact) mass is 199 g/mol. The van der Waals surface area contributed by atoms with E-state index in [-0.39, 0.29) is 6.10 Å². The first-order valence-corrected chi connectivity index (χ1v) is 5.62. The molecule has 2 saturated heterocycles. The fourth-order valence-electron chi connectivity index (χ4n) is 2.21. The molecule has 0 amide bonds. The lowest BCUT2D eigenvalue weighted by molar-refractivity contribution is -0.0833. The average molecular weight is 199 g/mol. The average Bonchev–Trinajstić information content (AvgIpc) is 2.21. The molecule has 2 aliphatic rings. The summed E-state index contributed by atoms with van der Waals surface area (Å²) in [6.07, 6.45) is 1.82. The summed E-state index contributed by atoms with van der Waals surface area (Å²) in [5.41, 5.74) is 0. The highest BCUT2D eigenvalue weighted by molar-refractivity contribution is 4.73.